The lowest BCUT2D eigenvalue weighted by molar-refractivity contribution is 0.0869. The molecule has 0 aliphatic carbocycles. The van der Waals surface area contributed by atoms with E-state index in [2.05, 4.69) is 30.0 Å². The van der Waals surface area contributed by atoms with Crippen molar-refractivity contribution >= 4 is 11.9 Å². The molecule has 3 aromatic carbocycles. The van der Waals surface area contributed by atoms with Crippen LogP contribution in [0.4, 0.5) is 0 Å². The fourth-order valence-corrected chi connectivity index (χ4v) is 4.47. The van der Waals surface area contributed by atoms with Crippen LogP contribution in [0.3, 0.4) is 0 Å². The summed E-state index contributed by atoms with van der Waals surface area (Å²) in [7, 11) is 1.68. The van der Waals surface area contributed by atoms with Crippen LogP contribution in [0.2, 0.25) is 0 Å². The number of benzene rings is 3. The maximum absolute atomic E-state index is 13.2. The molecule has 0 fully saturated rings. The largest absolute Gasteiger partial charge is 0.496 e. The zero-order valence-electron chi connectivity index (χ0n) is 19.2. The molecule has 0 saturated carbocycles. The molecule has 2 aliphatic heterocycles. The van der Waals surface area contributed by atoms with Gasteiger partial charge in [-0.2, -0.15) is 0 Å². The van der Waals surface area contributed by atoms with Gasteiger partial charge in [0.15, 0.2) is 5.76 Å². The van der Waals surface area contributed by atoms with Gasteiger partial charge in [0.1, 0.15) is 24.0 Å². The van der Waals surface area contributed by atoms with E-state index in [1.807, 2.05) is 49.4 Å². The van der Waals surface area contributed by atoms with Crippen molar-refractivity contribution < 1.29 is 19.0 Å². The van der Waals surface area contributed by atoms with Gasteiger partial charge in [-0.05, 0) is 42.7 Å². The van der Waals surface area contributed by atoms with Crippen molar-refractivity contribution in [1.29, 1.82) is 0 Å². The molecule has 168 valence electrons. The first-order chi connectivity index (χ1) is 16.1. The Labute approximate surface area is 194 Å². The molecule has 3 aromatic rings. The third-order valence-electron chi connectivity index (χ3n) is 6.27. The van der Waals surface area contributed by atoms with Gasteiger partial charge >= 0.3 is 0 Å². The number of nitrogens with zero attached hydrogens (tertiary/aromatic N) is 1. The zero-order valence-corrected chi connectivity index (χ0v) is 19.2. The van der Waals surface area contributed by atoms with E-state index in [9.17, 15) is 4.79 Å². The van der Waals surface area contributed by atoms with Gasteiger partial charge in [0.2, 0.25) is 5.78 Å². The van der Waals surface area contributed by atoms with Crippen molar-refractivity contribution in [1.82, 2.24) is 4.90 Å². The summed E-state index contributed by atoms with van der Waals surface area (Å²) in [5.74, 6) is 2.54. The number of carbonyl (C=O) groups is 1. The SMILES string of the molecule is CCc1ccc(/C=C2\Oc3c(cc4c(c3C)OCN(Cc3ccccc3OC)C4)C2=O)cc1. The fraction of sp³-hybridized carbons (Fsp3) is 0.250. The summed E-state index contributed by atoms with van der Waals surface area (Å²) in [6, 6.07) is 18.1. The molecule has 0 spiro atoms. The molecule has 33 heavy (non-hydrogen) atoms. The second-order valence-corrected chi connectivity index (χ2v) is 8.47. The van der Waals surface area contributed by atoms with Crippen LogP contribution in [0.15, 0.2) is 60.4 Å². The molecule has 5 rings (SSSR count). The number of hydrogen-bond acceptors (Lipinski definition) is 5. The Morgan fingerprint density at radius 2 is 1.88 bits per heavy atom. The average molecular weight is 442 g/mol. The summed E-state index contributed by atoms with van der Waals surface area (Å²) in [4.78, 5) is 15.3. The molecule has 0 saturated heterocycles. The molecule has 0 aromatic heterocycles. The number of methoxy groups -OCH3 is 1. The van der Waals surface area contributed by atoms with Crippen LogP contribution in [-0.4, -0.2) is 24.5 Å². The quantitative estimate of drug-likeness (QED) is 0.487. The molecule has 5 nitrogen and oxygen atoms in total. The molecular formula is C28H27NO4. The van der Waals surface area contributed by atoms with Crippen molar-refractivity contribution in [2.75, 3.05) is 13.8 Å². The summed E-state index contributed by atoms with van der Waals surface area (Å²) in [6.07, 6.45) is 2.80. The van der Waals surface area contributed by atoms with Crippen molar-refractivity contribution in [3.8, 4) is 17.2 Å². The van der Waals surface area contributed by atoms with Crippen LogP contribution in [0, 0.1) is 6.92 Å². The Bertz CT molecular complexity index is 1240. The average Bonchev–Trinajstić information content (AvgIpc) is 3.15. The summed E-state index contributed by atoms with van der Waals surface area (Å²) in [5.41, 5.74) is 5.78. The molecule has 0 N–H and O–H groups in total. The van der Waals surface area contributed by atoms with Crippen molar-refractivity contribution in [3.63, 3.8) is 0 Å². The van der Waals surface area contributed by atoms with Gasteiger partial charge in [0.25, 0.3) is 0 Å². The highest BCUT2D eigenvalue weighted by Crippen LogP contribution is 2.43. The van der Waals surface area contributed by atoms with Gasteiger partial charge in [-0.25, -0.2) is 0 Å². The van der Waals surface area contributed by atoms with Crippen molar-refractivity contribution in [2.45, 2.75) is 33.4 Å². The van der Waals surface area contributed by atoms with Crippen LogP contribution in [0.25, 0.3) is 6.08 Å². The molecule has 2 aliphatic rings. The number of aryl methyl sites for hydroxylation is 1. The smallest absolute Gasteiger partial charge is 0.231 e. The number of Topliss-reactive ketones (excluding diaryl/α,β-unsaturated/α-hetero) is 1. The van der Waals surface area contributed by atoms with Gasteiger partial charge in [0.05, 0.1) is 12.7 Å². The summed E-state index contributed by atoms with van der Waals surface area (Å²) < 4.78 is 17.6. The first kappa shape index (κ1) is 21.3. The third-order valence-corrected chi connectivity index (χ3v) is 6.27. The number of para-hydroxylation sites is 1. The predicted octanol–water partition coefficient (Wildman–Crippen LogP) is 5.53. The normalized spacial score (nSPS) is 16.2. The van der Waals surface area contributed by atoms with Crippen molar-refractivity contribution in [2.24, 2.45) is 0 Å². The minimum atomic E-state index is -0.0858. The van der Waals surface area contributed by atoms with Crippen LogP contribution in [0.5, 0.6) is 17.2 Å². The number of ether oxygens (including phenoxy) is 3. The number of carbonyl (C=O) groups excluding carboxylic acids is 1. The third kappa shape index (κ3) is 4.00. The summed E-state index contributed by atoms with van der Waals surface area (Å²) >= 11 is 0. The highest BCUT2D eigenvalue weighted by Gasteiger charge is 2.33. The van der Waals surface area contributed by atoms with Gasteiger partial charge in [0, 0.05) is 29.8 Å². The van der Waals surface area contributed by atoms with Crippen LogP contribution < -0.4 is 14.2 Å². The summed E-state index contributed by atoms with van der Waals surface area (Å²) in [6.45, 7) is 5.93. The Balaban J connectivity index is 1.40. The molecule has 0 amide bonds. The van der Waals surface area contributed by atoms with E-state index in [4.69, 9.17) is 14.2 Å². The minimum Gasteiger partial charge on any atom is -0.496 e. The first-order valence-electron chi connectivity index (χ1n) is 11.2. The van der Waals surface area contributed by atoms with E-state index in [1.165, 1.54) is 5.56 Å². The molecule has 2 heterocycles. The topological polar surface area (TPSA) is 48.0 Å². The lowest BCUT2D eigenvalue weighted by atomic mass is 9.99. The Kier molecular flexibility index (Phi) is 5.65. The molecule has 0 bridgehead atoms. The summed E-state index contributed by atoms with van der Waals surface area (Å²) in [5, 5.41) is 0. The Morgan fingerprint density at radius 1 is 1.09 bits per heavy atom. The van der Waals surface area contributed by atoms with Crippen molar-refractivity contribution in [3.05, 3.63) is 93.7 Å². The lowest BCUT2D eigenvalue weighted by Gasteiger charge is -2.30. The minimum absolute atomic E-state index is 0.0858. The number of ketones is 1. The second-order valence-electron chi connectivity index (χ2n) is 8.47. The van der Waals surface area contributed by atoms with Crippen LogP contribution in [0.1, 0.15) is 45.1 Å². The van der Waals surface area contributed by atoms with E-state index in [0.29, 0.717) is 36.9 Å². The van der Waals surface area contributed by atoms with Crippen LogP contribution >= 0.6 is 0 Å². The van der Waals surface area contributed by atoms with E-state index in [0.717, 1.165) is 40.2 Å². The molecular weight excluding hydrogens is 414 g/mol. The zero-order chi connectivity index (χ0) is 22.9. The highest BCUT2D eigenvalue weighted by molar-refractivity contribution is 6.15. The Morgan fingerprint density at radius 3 is 2.64 bits per heavy atom. The first-order valence-corrected chi connectivity index (χ1v) is 11.2. The lowest BCUT2D eigenvalue weighted by Crippen LogP contribution is -2.32. The highest BCUT2D eigenvalue weighted by atomic mass is 16.5. The monoisotopic (exact) mass is 441 g/mol. The van der Waals surface area contributed by atoms with E-state index < -0.39 is 0 Å². The van der Waals surface area contributed by atoms with E-state index >= 15 is 0 Å². The maximum atomic E-state index is 13.2. The second kappa shape index (κ2) is 8.75. The molecule has 5 heteroatoms. The van der Waals surface area contributed by atoms with Gasteiger partial charge in [-0.1, -0.05) is 49.4 Å². The molecule has 0 unspecified atom stereocenters. The van der Waals surface area contributed by atoms with Gasteiger partial charge in [-0.15, -0.1) is 0 Å². The van der Waals surface area contributed by atoms with E-state index in [1.54, 1.807) is 7.11 Å². The fourth-order valence-electron chi connectivity index (χ4n) is 4.47. The van der Waals surface area contributed by atoms with E-state index in [-0.39, 0.29) is 5.78 Å². The predicted molar refractivity (Wildman–Crippen MR) is 128 cm³/mol. The number of fused-ring (bicyclic) bond motifs is 2. The molecule has 0 atom stereocenters. The molecule has 0 radical (unpaired) electrons. The standard InChI is InChI=1S/C28H27NO4/c1-4-19-9-11-20(12-10-19)13-25-26(30)23-14-22-16-29(15-21-7-5-6-8-24(21)31-3)17-32-27(22)18(2)28(23)33-25/h5-14H,4,15-17H2,1-3H3/b25-13-. The number of allylic oxidation sites excluding steroid dienone is 1. The number of rotatable bonds is 5. The maximum Gasteiger partial charge on any atom is 0.231 e. The Hall–Kier alpha value is -3.57. The number of hydrogen-bond donors (Lipinski definition) is 0. The van der Waals surface area contributed by atoms with Gasteiger partial charge < -0.3 is 14.2 Å². The van der Waals surface area contributed by atoms with Gasteiger partial charge in [-0.3, -0.25) is 9.69 Å². The van der Waals surface area contributed by atoms with Crippen LogP contribution in [-0.2, 0) is 19.5 Å².